The molecule has 0 aromatic heterocycles. The number of nitrogens with one attached hydrogen (secondary N) is 1. The van der Waals surface area contributed by atoms with Gasteiger partial charge in [0.05, 0.1) is 38.7 Å². The van der Waals surface area contributed by atoms with Gasteiger partial charge in [0.25, 0.3) is 5.09 Å². The van der Waals surface area contributed by atoms with E-state index in [2.05, 4.69) is 10.2 Å². The fraction of sp³-hybridized carbons (Fsp3) is 0.310. The van der Waals surface area contributed by atoms with Crippen LogP contribution >= 0.6 is 11.8 Å². The highest BCUT2D eigenvalue weighted by Crippen LogP contribution is 2.49. The lowest BCUT2D eigenvalue weighted by Gasteiger charge is -2.19. The van der Waals surface area contributed by atoms with Crippen LogP contribution in [-0.4, -0.2) is 38.6 Å². The number of rotatable bonds is 10. The first kappa shape index (κ1) is 29.7. The molecule has 1 atom stereocenters. The second-order valence-corrected chi connectivity index (χ2v) is 10.1. The third kappa shape index (κ3) is 6.37. The van der Waals surface area contributed by atoms with Gasteiger partial charge in [-0.3, -0.25) is 9.59 Å². The van der Waals surface area contributed by atoms with Crippen molar-refractivity contribution in [3.63, 3.8) is 0 Å². The number of fused-ring (bicyclic) bond motifs is 3. The predicted molar refractivity (Wildman–Crippen MR) is 151 cm³/mol. The van der Waals surface area contributed by atoms with E-state index in [9.17, 15) is 24.1 Å². The van der Waals surface area contributed by atoms with Crippen LogP contribution < -0.4 is 25.0 Å². The van der Waals surface area contributed by atoms with E-state index in [1.165, 1.54) is 51.3 Å². The second-order valence-electron chi connectivity index (χ2n) is 9.21. The molecule has 0 unspecified atom stereocenters. The Morgan fingerprint density at radius 2 is 1.83 bits per heavy atom. The summed E-state index contributed by atoms with van der Waals surface area (Å²) in [5.41, 5.74) is 3.14. The largest absolute Gasteiger partial charge is 0.493 e. The van der Waals surface area contributed by atoms with Crippen LogP contribution in [0.2, 0.25) is 0 Å². The highest BCUT2D eigenvalue weighted by atomic mass is 32.2. The average Bonchev–Trinajstić information content (AvgIpc) is 3.20. The van der Waals surface area contributed by atoms with Crippen LogP contribution in [0.15, 0.2) is 52.2 Å². The van der Waals surface area contributed by atoms with Crippen molar-refractivity contribution >= 4 is 17.7 Å². The van der Waals surface area contributed by atoms with Crippen LogP contribution in [0.4, 0.5) is 4.39 Å². The SMILES string of the molecule is COc1cc2c(c(OC)c1OC)CC[C@H](NC(=O)Cc1cc(CO[N+](=O)[O-])ccc1F)c1cc(=O)c(SC)ccc1-2. The van der Waals surface area contributed by atoms with Gasteiger partial charge in [0.15, 0.2) is 16.9 Å². The molecule has 1 amide bonds. The minimum Gasteiger partial charge on any atom is -0.493 e. The van der Waals surface area contributed by atoms with E-state index in [4.69, 9.17) is 14.2 Å². The second kappa shape index (κ2) is 12.9. The third-order valence-electron chi connectivity index (χ3n) is 6.88. The van der Waals surface area contributed by atoms with Crippen LogP contribution in [0.3, 0.4) is 0 Å². The molecule has 0 fully saturated rings. The summed E-state index contributed by atoms with van der Waals surface area (Å²) >= 11 is 1.32. The third-order valence-corrected chi connectivity index (χ3v) is 7.65. The van der Waals surface area contributed by atoms with E-state index in [0.29, 0.717) is 51.7 Å². The standard InChI is InChI=1S/C29H29FN2O8S/c1-37-25-14-20-18-7-10-26(41-4)24(33)13-21(18)23(9-6-19(20)28(38-2)29(25)39-3)31-27(34)12-17-11-16(5-8-22(17)30)15-40-32(35)36/h5,7-8,10-11,13-14,23H,6,9,12,15H2,1-4H3,(H,31,34)/t23-/m0/s1. The monoisotopic (exact) mass is 584 g/mol. The summed E-state index contributed by atoms with van der Waals surface area (Å²) in [5.74, 6) is 0.273. The van der Waals surface area contributed by atoms with Gasteiger partial charge in [0.1, 0.15) is 12.4 Å². The molecule has 1 N–H and O–H groups in total. The molecule has 0 aliphatic heterocycles. The van der Waals surface area contributed by atoms with Crippen molar-refractivity contribution in [2.24, 2.45) is 0 Å². The zero-order chi connectivity index (χ0) is 29.7. The van der Waals surface area contributed by atoms with Crippen molar-refractivity contribution in [2.75, 3.05) is 27.6 Å². The van der Waals surface area contributed by atoms with Gasteiger partial charge in [-0.15, -0.1) is 21.9 Å². The number of methoxy groups -OCH3 is 3. The number of hydrogen-bond donors (Lipinski definition) is 1. The summed E-state index contributed by atoms with van der Waals surface area (Å²) in [5, 5.41) is 12.6. The average molecular weight is 585 g/mol. The summed E-state index contributed by atoms with van der Waals surface area (Å²) in [4.78, 5) is 41.8. The molecule has 3 aromatic carbocycles. The number of nitrogens with zero attached hydrogens (tertiary/aromatic N) is 1. The maximum absolute atomic E-state index is 14.6. The summed E-state index contributed by atoms with van der Waals surface area (Å²) in [6.45, 7) is -0.370. The Labute approximate surface area is 239 Å². The van der Waals surface area contributed by atoms with Gasteiger partial charge in [0.2, 0.25) is 11.7 Å². The van der Waals surface area contributed by atoms with Gasteiger partial charge >= 0.3 is 0 Å². The van der Waals surface area contributed by atoms with Crippen molar-refractivity contribution < 1.29 is 33.3 Å². The van der Waals surface area contributed by atoms with E-state index in [0.717, 1.165) is 17.2 Å². The molecule has 12 heteroatoms. The van der Waals surface area contributed by atoms with Gasteiger partial charge in [-0.05, 0) is 71.2 Å². The topological polar surface area (TPSA) is 126 Å². The zero-order valence-electron chi connectivity index (χ0n) is 22.9. The fourth-order valence-electron chi connectivity index (χ4n) is 5.03. The smallest absolute Gasteiger partial charge is 0.294 e. The Morgan fingerprint density at radius 3 is 2.49 bits per heavy atom. The number of halogens is 1. The maximum Gasteiger partial charge on any atom is 0.294 e. The summed E-state index contributed by atoms with van der Waals surface area (Å²) in [6, 6.07) is 10.2. The fourth-order valence-corrected chi connectivity index (χ4v) is 5.49. The Kier molecular flexibility index (Phi) is 9.33. The van der Waals surface area contributed by atoms with Crippen molar-refractivity contribution in [1.29, 1.82) is 0 Å². The maximum atomic E-state index is 14.6. The van der Waals surface area contributed by atoms with Gasteiger partial charge < -0.3 is 24.4 Å². The van der Waals surface area contributed by atoms with Crippen LogP contribution in [0.1, 0.15) is 34.7 Å². The minimum absolute atomic E-state index is 0.0630. The Hall–Kier alpha value is -4.32. The van der Waals surface area contributed by atoms with E-state index in [-0.39, 0.29) is 24.0 Å². The number of carbonyl (C=O) groups excluding carboxylic acids is 1. The van der Waals surface area contributed by atoms with Crippen molar-refractivity contribution in [1.82, 2.24) is 5.32 Å². The quantitative estimate of drug-likeness (QED) is 0.206. The normalized spacial score (nSPS) is 13.7. The zero-order valence-corrected chi connectivity index (χ0v) is 23.8. The van der Waals surface area contributed by atoms with Crippen LogP contribution in [-0.2, 0) is 29.1 Å². The van der Waals surface area contributed by atoms with Crippen LogP contribution in [0, 0.1) is 15.9 Å². The molecule has 0 saturated heterocycles. The molecule has 0 spiro atoms. The predicted octanol–water partition coefficient (Wildman–Crippen LogP) is 4.66. The highest BCUT2D eigenvalue weighted by Gasteiger charge is 2.29. The van der Waals surface area contributed by atoms with Crippen molar-refractivity contribution in [2.45, 2.75) is 36.8 Å². The number of hydrogen-bond acceptors (Lipinski definition) is 9. The van der Waals surface area contributed by atoms with E-state index >= 15 is 0 Å². The summed E-state index contributed by atoms with van der Waals surface area (Å²) < 4.78 is 31.5. The Bertz CT molecular complexity index is 1550. The number of benzene rings is 2. The van der Waals surface area contributed by atoms with Gasteiger partial charge in [-0.25, -0.2) is 4.39 Å². The lowest BCUT2D eigenvalue weighted by Crippen LogP contribution is -2.30. The first-order valence-electron chi connectivity index (χ1n) is 12.6. The molecule has 0 heterocycles. The number of amides is 1. The van der Waals surface area contributed by atoms with E-state index in [1.54, 1.807) is 6.07 Å². The molecule has 10 nitrogen and oxygen atoms in total. The first-order chi connectivity index (χ1) is 19.7. The number of thioether (sulfide) groups is 1. The van der Waals surface area contributed by atoms with E-state index < -0.39 is 22.9 Å². The number of carbonyl (C=O) groups is 1. The number of ether oxygens (including phenoxy) is 3. The summed E-state index contributed by atoms with van der Waals surface area (Å²) in [7, 11) is 4.58. The molecule has 0 saturated carbocycles. The van der Waals surface area contributed by atoms with Crippen LogP contribution in [0.25, 0.3) is 11.1 Å². The van der Waals surface area contributed by atoms with Gasteiger partial charge in [-0.2, -0.15) is 0 Å². The Balaban J connectivity index is 1.75. The molecule has 1 aliphatic rings. The highest BCUT2D eigenvalue weighted by molar-refractivity contribution is 7.98. The molecular weight excluding hydrogens is 555 g/mol. The molecule has 0 bridgehead atoms. The molecule has 3 aromatic rings. The lowest BCUT2D eigenvalue weighted by molar-refractivity contribution is -0.763. The molecule has 41 heavy (non-hydrogen) atoms. The van der Waals surface area contributed by atoms with Crippen molar-refractivity contribution in [3.8, 4) is 28.4 Å². The molecular formula is C29H29FN2O8S. The van der Waals surface area contributed by atoms with Gasteiger partial charge in [-0.1, -0.05) is 18.2 Å². The molecule has 216 valence electrons. The van der Waals surface area contributed by atoms with E-state index in [1.807, 2.05) is 18.4 Å². The lowest BCUT2D eigenvalue weighted by atomic mass is 9.96. The van der Waals surface area contributed by atoms with Crippen LogP contribution in [0.5, 0.6) is 17.2 Å². The molecule has 1 aliphatic carbocycles. The van der Waals surface area contributed by atoms with Gasteiger partial charge in [0, 0.05) is 5.56 Å². The van der Waals surface area contributed by atoms with Crippen molar-refractivity contribution in [3.05, 3.63) is 90.9 Å². The molecule has 4 rings (SSSR count). The first-order valence-corrected chi connectivity index (χ1v) is 13.8. The summed E-state index contributed by atoms with van der Waals surface area (Å²) in [6.07, 6.45) is 2.37. The molecule has 0 radical (unpaired) electrons. The minimum atomic E-state index is -0.940. The Morgan fingerprint density at radius 1 is 1.07 bits per heavy atom.